The molecule has 1 aromatic heterocycles. The summed E-state index contributed by atoms with van der Waals surface area (Å²) >= 11 is 0. The van der Waals surface area contributed by atoms with E-state index in [1.165, 1.54) is 13.2 Å². The Bertz CT molecular complexity index is 673. The monoisotopic (exact) mass is 271 g/mol. The molecule has 0 aliphatic carbocycles. The van der Waals surface area contributed by atoms with E-state index in [4.69, 9.17) is 4.74 Å². The van der Waals surface area contributed by atoms with Crippen LogP contribution in [0, 0.1) is 0 Å². The lowest BCUT2D eigenvalue weighted by Crippen LogP contribution is -2.19. The number of esters is 1. The zero-order valence-electron chi connectivity index (χ0n) is 11.6. The van der Waals surface area contributed by atoms with Crippen LogP contribution >= 0.6 is 0 Å². The molecule has 4 heteroatoms. The van der Waals surface area contributed by atoms with E-state index in [0.29, 0.717) is 12.1 Å². The zero-order valence-corrected chi connectivity index (χ0v) is 11.6. The minimum absolute atomic E-state index is 0.0356. The van der Waals surface area contributed by atoms with Crippen molar-refractivity contribution in [2.24, 2.45) is 0 Å². The molecule has 0 saturated carbocycles. The fourth-order valence-electron chi connectivity index (χ4n) is 2.13. The maximum Gasteiger partial charge on any atom is 0.337 e. The van der Waals surface area contributed by atoms with Crippen molar-refractivity contribution in [2.45, 2.75) is 19.9 Å². The molecule has 0 radical (unpaired) electrons. The van der Waals surface area contributed by atoms with Gasteiger partial charge in [-0.25, -0.2) is 4.79 Å². The van der Waals surface area contributed by atoms with Crippen LogP contribution in [0.2, 0.25) is 0 Å². The van der Waals surface area contributed by atoms with Crippen LogP contribution in [-0.4, -0.2) is 17.6 Å². The summed E-state index contributed by atoms with van der Waals surface area (Å²) in [5.74, 6) is -0.344. The molecule has 0 aliphatic rings. The summed E-state index contributed by atoms with van der Waals surface area (Å²) in [4.78, 5) is 23.3. The molecule has 1 aromatic carbocycles. The highest BCUT2D eigenvalue weighted by molar-refractivity contribution is 5.89. The summed E-state index contributed by atoms with van der Waals surface area (Å²) in [6, 6.07) is 10.5. The Kier molecular flexibility index (Phi) is 4.35. The largest absolute Gasteiger partial charge is 0.465 e. The van der Waals surface area contributed by atoms with Crippen molar-refractivity contribution in [1.82, 2.24) is 4.57 Å². The summed E-state index contributed by atoms with van der Waals surface area (Å²) < 4.78 is 6.36. The Morgan fingerprint density at radius 2 is 2.00 bits per heavy atom. The van der Waals surface area contributed by atoms with E-state index in [0.717, 1.165) is 17.5 Å². The first-order valence-corrected chi connectivity index (χ1v) is 6.51. The zero-order chi connectivity index (χ0) is 14.5. The number of carbonyl (C=O) groups excluding carboxylic acids is 1. The van der Waals surface area contributed by atoms with Gasteiger partial charge in [0.15, 0.2) is 0 Å². The number of pyridine rings is 1. The van der Waals surface area contributed by atoms with Gasteiger partial charge in [-0.1, -0.05) is 19.1 Å². The predicted molar refractivity (Wildman–Crippen MR) is 77.0 cm³/mol. The normalized spacial score (nSPS) is 10.3. The molecule has 0 fully saturated rings. The number of methoxy groups -OCH3 is 1. The second-order valence-corrected chi connectivity index (χ2v) is 4.50. The van der Waals surface area contributed by atoms with Gasteiger partial charge in [0.1, 0.15) is 0 Å². The summed E-state index contributed by atoms with van der Waals surface area (Å²) in [6.45, 7) is 2.53. The first kappa shape index (κ1) is 14.1. The second-order valence-electron chi connectivity index (χ2n) is 4.50. The van der Waals surface area contributed by atoms with Crippen molar-refractivity contribution in [1.29, 1.82) is 0 Å². The lowest BCUT2D eigenvalue weighted by Gasteiger charge is -2.11. The van der Waals surface area contributed by atoms with E-state index < -0.39 is 0 Å². The first-order chi connectivity index (χ1) is 9.65. The summed E-state index contributed by atoms with van der Waals surface area (Å²) in [6.07, 6.45) is 2.55. The minimum atomic E-state index is -0.344. The van der Waals surface area contributed by atoms with Gasteiger partial charge < -0.3 is 9.30 Å². The van der Waals surface area contributed by atoms with Gasteiger partial charge in [0.05, 0.1) is 19.2 Å². The van der Waals surface area contributed by atoms with Crippen molar-refractivity contribution in [3.8, 4) is 0 Å². The summed E-state index contributed by atoms with van der Waals surface area (Å²) in [5, 5.41) is 0. The van der Waals surface area contributed by atoms with Crippen LogP contribution in [0.4, 0.5) is 0 Å². The molecule has 104 valence electrons. The van der Waals surface area contributed by atoms with E-state index in [1.54, 1.807) is 22.9 Å². The first-order valence-electron chi connectivity index (χ1n) is 6.51. The van der Waals surface area contributed by atoms with Gasteiger partial charge in [0.2, 0.25) is 0 Å². The van der Waals surface area contributed by atoms with E-state index in [1.807, 2.05) is 25.1 Å². The van der Waals surface area contributed by atoms with Gasteiger partial charge in [-0.05, 0) is 35.7 Å². The van der Waals surface area contributed by atoms with Crippen molar-refractivity contribution < 1.29 is 9.53 Å². The minimum Gasteiger partial charge on any atom is -0.465 e. The molecule has 0 N–H and O–H groups in total. The Balaban J connectivity index is 2.35. The smallest absolute Gasteiger partial charge is 0.337 e. The molecule has 20 heavy (non-hydrogen) atoms. The molecular formula is C16H17NO3. The number of benzene rings is 1. The maximum atomic E-state index is 11.7. The highest BCUT2D eigenvalue weighted by atomic mass is 16.5. The van der Waals surface area contributed by atoms with Gasteiger partial charge >= 0.3 is 5.97 Å². The van der Waals surface area contributed by atoms with Crippen LogP contribution in [0.5, 0.6) is 0 Å². The number of hydrogen-bond donors (Lipinski definition) is 0. The molecule has 2 aromatic rings. The van der Waals surface area contributed by atoms with Gasteiger partial charge in [0, 0.05) is 12.3 Å². The molecule has 4 nitrogen and oxygen atoms in total. The van der Waals surface area contributed by atoms with Crippen LogP contribution < -0.4 is 5.56 Å². The number of carbonyl (C=O) groups is 1. The molecule has 0 spiro atoms. The average molecular weight is 271 g/mol. The van der Waals surface area contributed by atoms with E-state index >= 15 is 0 Å². The quantitative estimate of drug-likeness (QED) is 0.801. The number of aromatic nitrogens is 1. The van der Waals surface area contributed by atoms with E-state index in [-0.39, 0.29) is 11.5 Å². The SMILES string of the molecule is CCc1cc(C(=O)OC)ccc1Cn1ccccc1=O. The third kappa shape index (κ3) is 2.96. The Morgan fingerprint density at radius 3 is 2.65 bits per heavy atom. The number of rotatable bonds is 4. The topological polar surface area (TPSA) is 48.3 Å². The van der Waals surface area contributed by atoms with Gasteiger partial charge in [-0.2, -0.15) is 0 Å². The Labute approximate surface area is 117 Å². The standard InChI is InChI=1S/C16H17NO3/c1-3-12-10-13(16(19)20-2)7-8-14(12)11-17-9-5-4-6-15(17)18/h4-10H,3,11H2,1-2H3. The van der Waals surface area contributed by atoms with Crippen molar-refractivity contribution in [3.05, 3.63) is 69.6 Å². The van der Waals surface area contributed by atoms with Crippen LogP contribution in [-0.2, 0) is 17.7 Å². The number of hydrogen-bond acceptors (Lipinski definition) is 3. The molecule has 0 amide bonds. The molecule has 0 saturated heterocycles. The van der Waals surface area contributed by atoms with Crippen LogP contribution in [0.1, 0.15) is 28.4 Å². The third-order valence-corrected chi connectivity index (χ3v) is 3.25. The number of aryl methyl sites for hydroxylation is 1. The van der Waals surface area contributed by atoms with Crippen LogP contribution in [0.25, 0.3) is 0 Å². The molecular weight excluding hydrogens is 254 g/mol. The fraction of sp³-hybridized carbons (Fsp3) is 0.250. The summed E-state index contributed by atoms with van der Waals surface area (Å²) in [5.41, 5.74) is 2.58. The Morgan fingerprint density at radius 1 is 1.20 bits per heavy atom. The van der Waals surface area contributed by atoms with Crippen molar-refractivity contribution >= 4 is 5.97 Å². The summed E-state index contributed by atoms with van der Waals surface area (Å²) in [7, 11) is 1.37. The highest BCUT2D eigenvalue weighted by Gasteiger charge is 2.09. The highest BCUT2D eigenvalue weighted by Crippen LogP contribution is 2.15. The number of nitrogens with zero attached hydrogens (tertiary/aromatic N) is 1. The molecule has 0 bridgehead atoms. The van der Waals surface area contributed by atoms with E-state index in [2.05, 4.69) is 0 Å². The molecule has 0 aliphatic heterocycles. The van der Waals surface area contributed by atoms with E-state index in [9.17, 15) is 9.59 Å². The predicted octanol–water partition coefficient (Wildman–Crippen LogP) is 2.25. The molecule has 2 rings (SSSR count). The molecule has 0 atom stereocenters. The Hall–Kier alpha value is -2.36. The van der Waals surface area contributed by atoms with Crippen molar-refractivity contribution in [2.75, 3.05) is 7.11 Å². The van der Waals surface area contributed by atoms with Crippen LogP contribution in [0.3, 0.4) is 0 Å². The lowest BCUT2D eigenvalue weighted by molar-refractivity contribution is 0.0600. The maximum absolute atomic E-state index is 11.7. The second kappa shape index (κ2) is 6.19. The van der Waals surface area contributed by atoms with Gasteiger partial charge in [-0.15, -0.1) is 0 Å². The van der Waals surface area contributed by atoms with Crippen LogP contribution in [0.15, 0.2) is 47.4 Å². The average Bonchev–Trinajstić information content (AvgIpc) is 2.49. The van der Waals surface area contributed by atoms with Gasteiger partial charge in [-0.3, -0.25) is 4.79 Å². The fourth-order valence-corrected chi connectivity index (χ4v) is 2.13. The molecule has 0 unspecified atom stereocenters. The molecule has 1 heterocycles. The van der Waals surface area contributed by atoms with Gasteiger partial charge in [0.25, 0.3) is 5.56 Å². The van der Waals surface area contributed by atoms with Crippen molar-refractivity contribution in [3.63, 3.8) is 0 Å². The third-order valence-electron chi connectivity index (χ3n) is 3.25. The number of ether oxygens (including phenoxy) is 1. The lowest BCUT2D eigenvalue weighted by atomic mass is 10.0.